The number of nitrogens with zero attached hydrogens (tertiary/aromatic N) is 4. The first kappa shape index (κ1) is 18.1. The molecule has 6 heteroatoms. The Kier molecular flexibility index (Phi) is 4.64. The molecule has 2 aliphatic rings. The molecule has 0 saturated carbocycles. The predicted molar refractivity (Wildman–Crippen MR) is 110 cm³/mol. The fourth-order valence-electron chi connectivity index (χ4n) is 4.39. The van der Waals surface area contributed by atoms with Crippen LogP contribution < -0.4 is 10.5 Å². The van der Waals surface area contributed by atoms with Gasteiger partial charge in [-0.1, -0.05) is 48.5 Å². The first-order chi connectivity index (χ1) is 14.2. The van der Waals surface area contributed by atoms with Crippen molar-refractivity contribution < 1.29 is 4.39 Å². The molecule has 29 heavy (non-hydrogen) atoms. The summed E-state index contributed by atoms with van der Waals surface area (Å²) in [7, 11) is 0. The molecule has 2 aliphatic heterocycles. The number of benzene rings is 2. The third-order valence-corrected chi connectivity index (χ3v) is 5.87. The van der Waals surface area contributed by atoms with Crippen LogP contribution in [0.25, 0.3) is 0 Å². The standard InChI is InChI=1S/C23H23FN4O/c24-20-9-5-4-8-18(20)15-27-12-13-28-21-10-11-26(14-17-6-2-1-3-7-17)16-19(21)22(29)25-23(27)28/h1-9H,10-16H2. The van der Waals surface area contributed by atoms with E-state index in [1.807, 2.05) is 29.2 Å². The highest BCUT2D eigenvalue weighted by atomic mass is 19.1. The lowest BCUT2D eigenvalue weighted by atomic mass is 10.1. The van der Waals surface area contributed by atoms with Crippen LogP contribution in [-0.4, -0.2) is 27.5 Å². The third-order valence-electron chi connectivity index (χ3n) is 5.87. The lowest BCUT2D eigenvalue weighted by Crippen LogP contribution is -2.37. The number of anilines is 1. The lowest BCUT2D eigenvalue weighted by molar-refractivity contribution is 0.239. The molecule has 1 aromatic heterocycles. The number of rotatable bonds is 4. The van der Waals surface area contributed by atoms with Gasteiger partial charge in [0.05, 0.1) is 5.56 Å². The maximum Gasteiger partial charge on any atom is 0.279 e. The first-order valence-electron chi connectivity index (χ1n) is 10.1. The second-order valence-electron chi connectivity index (χ2n) is 7.75. The van der Waals surface area contributed by atoms with Gasteiger partial charge in [0.15, 0.2) is 0 Å². The Hall–Kier alpha value is -2.99. The maximum atomic E-state index is 14.1. The zero-order valence-electron chi connectivity index (χ0n) is 16.2. The van der Waals surface area contributed by atoms with Crippen LogP contribution in [0.5, 0.6) is 0 Å². The van der Waals surface area contributed by atoms with Crippen LogP contribution >= 0.6 is 0 Å². The van der Waals surface area contributed by atoms with Crippen LogP contribution in [0.15, 0.2) is 59.4 Å². The average Bonchev–Trinajstić information content (AvgIpc) is 3.13. The molecule has 3 heterocycles. The molecule has 0 unspecified atom stereocenters. The summed E-state index contributed by atoms with van der Waals surface area (Å²) in [5, 5.41) is 0. The summed E-state index contributed by atoms with van der Waals surface area (Å²) in [5.41, 5.74) is 3.64. The summed E-state index contributed by atoms with van der Waals surface area (Å²) in [6.45, 7) is 4.34. The molecule has 0 fully saturated rings. The Labute approximate surface area is 169 Å². The molecule has 148 valence electrons. The fourth-order valence-corrected chi connectivity index (χ4v) is 4.39. The van der Waals surface area contributed by atoms with E-state index in [9.17, 15) is 9.18 Å². The average molecular weight is 390 g/mol. The van der Waals surface area contributed by atoms with E-state index in [4.69, 9.17) is 0 Å². The Balaban J connectivity index is 1.40. The molecule has 2 aromatic carbocycles. The van der Waals surface area contributed by atoms with Gasteiger partial charge in [0.25, 0.3) is 5.56 Å². The zero-order chi connectivity index (χ0) is 19.8. The minimum Gasteiger partial charge on any atom is -0.336 e. The smallest absolute Gasteiger partial charge is 0.279 e. The van der Waals surface area contributed by atoms with Crippen molar-refractivity contribution in [1.82, 2.24) is 14.5 Å². The van der Waals surface area contributed by atoms with E-state index in [0.717, 1.165) is 43.9 Å². The SMILES string of the molecule is O=c1nc2n(c3c1CN(Cc1ccccc1)CC3)CCN2Cc1ccccc1F. The van der Waals surface area contributed by atoms with Gasteiger partial charge in [0, 0.05) is 56.9 Å². The van der Waals surface area contributed by atoms with Crippen molar-refractivity contribution in [2.45, 2.75) is 32.6 Å². The molecule has 3 aromatic rings. The molecular weight excluding hydrogens is 367 g/mol. The van der Waals surface area contributed by atoms with E-state index in [1.165, 1.54) is 11.6 Å². The number of fused-ring (bicyclic) bond motifs is 3. The van der Waals surface area contributed by atoms with Crippen LogP contribution in [-0.2, 0) is 32.6 Å². The normalized spacial score (nSPS) is 16.0. The second-order valence-corrected chi connectivity index (χ2v) is 7.75. The van der Waals surface area contributed by atoms with Crippen molar-refractivity contribution in [3.8, 4) is 0 Å². The van der Waals surface area contributed by atoms with Crippen molar-refractivity contribution in [1.29, 1.82) is 0 Å². The van der Waals surface area contributed by atoms with Gasteiger partial charge in [-0.2, -0.15) is 4.98 Å². The van der Waals surface area contributed by atoms with Crippen molar-refractivity contribution in [3.05, 3.63) is 93.2 Å². The first-order valence-corrected chi connectivity index (χ1v) is 10.1. The summed E-state index contributed by atoms with van der Waals surface area (Å²) in [6, 6.07) is 17.1. The van der Waals surface area contributed by atoms with Crippen LogP contribution in [0, 0.1) is 5.82 Å². The number of hydrogen-bond donors (Lipinski definition) is 0. The molecular formula is C23H23FN4O. The maximum absolute atomic E-state index is 14.1. The summed E-state index contributed by atoms with van der Waals surface area (Å²) >= 11 is 0. The lowest BCUT2D eigenvalue weighted by Gasteiger charge is -2.30. The second kappa shape index (κ2) is 7.44. The topological polar surface area (TPSA) is 41.4 Å². The molecule has 0 spiro atoms. The summed E-state index contributed by atoms with van der Waals surface area (Å²) in [4.78, 5) is 21.6. The summed E-state index contributed by atoms with van der Waals surface area (Å²) in [6.07, 6.45) is 0.834. The molecule has 0 aliphatic carbocycles. The minimum absolute atomic E-state index is 0.149. The van der Waals surface area contributed by atoms with Crippen molar-refractivity contribution >= 4 is 5.95 Å². The quantitative estimate of drug-likeness (QED) is 0.687. The van der Waals surface area contributed by atoms with Crippen LogP contribution in [0.1, 0.15) is 22.4 Å². The number of hydrogen-bond acceptors (Lipinski definition) is 4. The van der Waals surface area contributed by atoms with E-state index in [0.29, 0.717) is 24.6 Å². The van der Waals surface area contributed by atoms with E-state index >= 15 is 0 Å². The van der Waals surface area contributed by atoms with Crippen molar-refractivity contribution in [3.63, 3.8) is 0 Å². The molecule has 0 N–H and O–H groups in total. The highest BCUT2D eigenvalue weighted by molar-refractivity contribution is 5.41. The largest absolute Gasteiger partial charge is 0.336 e. The third kappa shape index (κ3) is 3.44. The van der Waals surface area contributed by atoms with Crippen molar-refractivity contribution in [2.24, 2.45) is 0 Å². The number of aromatic nitrogens is 2. The summed E-state index contributed by atoms with van der Waals surface area (Å²) in [5.74, 6) is 0.455. The zero-order valence-corrected chi connectivity index (χ0v) is 16.2. The van der Waals surface area contributed by atoms with E-state index in [2.05, 4.69) is 26.6 Å². The van der Waals surface area contributed by atoms with Gasteiger partial charge in [0.1, 0.15) is 5.82 Å². The van der Waals surface area contributed by atoms with E-state index in [1.54, 1.807) is 12.1 Å². The Bertz CT molecular complexity index is 1100. The fraction of sp³-hybridized carbons (Fsp3) is 0.304. The predicted octanol–water partition coefficient (Wildman–Crippen LogP) is 2.96. The molecule has 0 bridgehead atoms. The Morgan fingerprint density at radius 3 is 2.55 bits per heavy atom. The van der Waals surface area contributed by atoms with Crippen LogP contribution in [0.4, 0.5) is 10.3 Å². The monoisotopic (exact) mass is 390 g/mol. The van der Waals surface area contributed by atoms with Crippen LogP contribution in [0.2, 0.25) is 0 Å². The Morgan fingerprint density at radius 2 is 1.72 bits per heavy atom. The Morgan fingerprint density at radius 1 is 0.931 bits per heavy atom. The number of halogens is 1. The molecule has 0 radical (unpaired) electrons. The van der Waals surface area contributed by atoms with Gasteiger partial charge >= 0.3 is 0 Å². The van der Waals surface area contributed by atoms with Gasteiger partial charge in [0.2, 0.25) is 5.95 Å². The molecule has 5 rings (SSSR count). The van der Waals surface area contributed by atoms with Gasteiger partial charge in [-0.15, -0.1) is 0 Å². The van der Waals surface area contributed by atoms with Gasteiger partial charge in [-0.05, 0) is 11.6 Å². The van der Waals surface area contributed by atoms with E-state index in [-0.39, 0.29) is 11.4 Å². The van der Waals surface area contributed by atoms with Gasteiger partial charge in [-0.25, -0.2) is 4.39 Å². The van der Waals surface area contributed by atoms with Crippen molar-refractivity contribution in [2.75, 3.05) is 18.0 Å². The molecule has 5 nitrogen and oxygen atoms in total. The van der Waals surface area contributed by atoms with Gasteiger partial charge in [-0.3, -0.25) is 9.69 Å². The van der Waals surface area contributed by atoms with Gasteiger partial charge < -0.3 is 9.47 Å². The molecule has 0 saturated heterocycles. The minimum atomic E-state index is -0.220. The van der Waals surface area contributed by atoms with Crippen LogP contribution in [0.3, 0.4) is 0 Å². The highest BCUT2D eigenvalue weighted by Crippen LogP contribution is 2.27. The summed E-state index contributed by atoms with van der Waals surface area (Å²) < 4.78 is 16.2. The van der Waals surface area contributed by atoms with E-state index < -0.39 is 0 Å². The molecule has 0 atom stereocenters. The highest BCUT2D eigenvalue weighted by Gasteiger charge is 2.29. The molecule has 0 amide bonds.